The molecule has 0 bridgehead atoms. The van der Waals surface area contributed by atoms with Crippen molar-refractivity contribution in [3.63, 3.8) is 0 Å². The lowest BCUT2D eigenvalue weighted by Gasteiger charge is -2.60. The summed E-state index contributed by atoms with van der Waals surface area (Å²) in [4.78, 5) is 23.9. The molecule has 0 aromatic rings. The first-order chi connectivity index (χ1) is 14.6. The van der Waals surface area contributed by atoms with E-state index in [9.17, 15) is 14.7 Å². The van der Waals surface area contributed by atoms with Crippen molar-refractivity contribution in [1.29, 1.82) is 0 Å². The molecule has 172 valence electrons. The largest absolute Gasteiger partial charge is 0.463 e. The molecule has 0 heterocycles. The second kappa shape index (κ2) is 8.33. The second-order valence-corrected chi connectivity index (χ2v) is 11.3. The van der Waals surface area contributed by atoms with E-state index >= 15 is 0 Å². The molecule has 0 saturated heterocycles. The Morgan fingerprint density at radius 1 is 1.29 bits per heavy atom. The Hall–Kier alpha value is -1.13. The van der Waals surface area contributed by atoms with Crippen LogP contribution in [0.5, 0.6) is 0 Å². The van der Waals surface area contributed by atoms with Gasteiger partial charge in [-0.15, -0.1) is 11.6 Å². The molecule has 0 unspecified atom stereocenters. The number of hydrogen-bond donors (Lipinski definition) is 1. The third kappa shape index (κ3) is 3.62. The van der Waals surface area contributed by atoms with E-state index in [2.05, 4.69) is 20.8 Å². The number of ketones is 1. The van der Waals surface area contributed by atoms with Crippen LogP contribution in [0.25, 0.3) is 0 Å². The van der Waals surface area contributed by atoms with E-state index in [4.69, 9.17) is 16.3 Å². The molecule has 0 aliphatic heterocycles. The molecule has 4 nitrogen and oxygen atoms in total. The van der Waals surface area contributed by atoms with Crippen molar-refractivity contribution < 1.29 is 19.4 Å². The lowest BCUT2D eigenvalue weighted by atomic mass is 9.45. The Kier molecular flexibility index (Phi) is 6.20. The molecule has 9 atom stereocenters. The number of aliphatic hydroxyl groups excluding tert-OH is 1. The summed E-state index contributed by atoms with van der Waals surface area (Å²) in [6.07, 6.45) is 10.5. The summed E-state index contributed by atoms with van der Waals surface area (Å²) in [6, 6.07) is 0. The van der Waals surface area contributed by atoms with E-state index in [1.54, 1.807) is 12.2 Å². The number of carbonyl (C=O) groups excluding carboxylic acids is 2. The van der Waals surface area contributed by atoms with Crippen molar-refractivity contribution in [2.24, 2.45) is 40.4 Å². The third-order valence-electron chi connectivity index (χ3n) is 9.54. The maximum Gasteiger partial charge on any atom is 0.330 e. The minimum atomic E-state index is -0.606. The molecule has 1 N–H and O–H groups in total. The third-order valence-corrected chi connectivity index (χ3v) is 10.0. The van der Waals surface area contributed by atoms with Crippen molar-refractivity contribution in [3.8, 4) is 0 Å². The number of hydrogen-bond acceptors (Lipinski definition) is 4. The quantitative estimate of drug-likeness (QED) is 0.370. The summed E-state index contributed by atoms with van der Waals surface area (Å²) in [6.45, 7) is 9.09. The molecule has 4 aliphatic rings. The van der Waals surface area contributed by atoms with E-state index in [0.717, 1.165) is 37.7 Å². The number of aliphatic hydroxyl groups is 1. The molecular formula is C26H37ClO4. The maximum absolute atomic E-state index is 12.1. The van der Waals surface area contributed by atoms with E-state index in [-0.39, 0.29) is 34.4 Å². The van der Waals surface area contributed by atoms with Crippen LogP contribution < -0.4 is 0 Å². The zero-order chi connectivity index (χ0) is 22.6. The Morgan fingerprint density at radius 2 is 2.03 bits per heavy atom. The topological polar surface area (TPSA) is 63.6 Å². The minimum Gasteiger partial charge on any atom is -0.463 e. The number of fused-ring (bicyclic) bond motifs is 5. The SMILES string of the molecule is CCOC(=O)/C=C/[C@@H](C)[C@H]1CC[C@H]2[C@@H]3[C@@H](O)[C@H](Cl)C4=CC(=O)CC[C@]4(C)[C@H]3CC[C@]12C. The zero-order valence-corrected chi connectivity index (χ0v) is 20.0. The van der Waals surface area contributed by atoms with E-state index < -0.39 is 11.5 Å². The van der Waals surface area contributed by atoms with Crippen molar-refractivity contribution in [2.75, 3.05) is 6.61 Å². The fourth-order valence-electron chi connectivity index (χ4n) is 7.98. The molecule has 0 amide bonds. The fraction of sp³-hybridized carbons (Fsp3) is 0.769. The van der Waals surface area contributed by atoms with Gasteiger partial charge in [0.15, 0.2) is 5.78 Å². The number of carbonyl (C=O) groups is 2. The highest BCUT2D eigenvalue weighted by atomic mass is 35.5. The minimum absolute atomic E-state index is 0.0843. The van der Waals surface area contributed by atoms with Crippen LogP contribution in [0.3, 0.4) is 0 Å². The van der Waals surface area contributed by atoms with Crippen molar-refractivity contribution in [2.45, 2.75) is 77.7 Å². The summed E-state index contributed by atoms with van der Waals surface area (Å²) in [5.41, 5.74) is 1.02. The average Bonchev–Trinajstić information content (AvgIpc) is 3.08. The summed E-state index contributed by atoms with van der Waals surface area (Å²) in [7, 11) is 0. The fourth-order valence-corrected chi connectivity index (χ4v) is 8.46. The smallest absolute Gasteiger partial charge is 0.330 e. The van der Waals surface area contributed by atoms with Crippen LogP contribution in [0.4, 0.5) is 0 Å². The van der Waals surface area contributed by atoms with Gasteiger partial charge in [0.05, 0.1) is 18.1 Å². The predicted molar refractivity (Wildman–Crippen MR) is 122 cm³/mol. The van der Waals surface area contributed by atoms with Gasteiger partial charge >= 0.3 is 5.97 Å². The molecule has 0 aromatic heterocycles. The van der Waals surface area contributed by atoms with Gasteiger partial charge in [-0.3, -0.25) is 4.79 Å². The monoisotopic (exact) mass is 448 g/mol. The van der Waals surface area contributed by atoms with Gasteiger partial charge < -0.3 is 9.84 Å². The summed E-state index contributed by atoms with van der Waals surface area (Å²) < 4.78 is 5.05. The van der Waals surface area contributed by atoms with Gasteiger partial charge in [0.25, 0.3) is 0 Å². The molecule has 0 aromatic carbocycles. The predicted octanol–water partition coefficient (Wildman–Crippen LogP) is 5.08. The van der Waals surface area contributed by atoms with Crippen LogP contribution in [0.15, 0.2) is 23.8 Å². The lowest BCUT2D eigenvalue weighted by molar-refractivity contribution is -0.137. The highest BCUT2D eigenvalue weighted by Gasteiger charge is 2.63. The van der Waals surface area contributed by atoms with Gasteiger partial charge in [-0.1, -0.05) is 26.8 Å². The molecule has 4 rings (SSSR count). The average molecular weight is 449 g/mol. The van der Waals surface area contributed by atoms with E-state index in [1.807, 2.05) is 13.0 Å². The molecule has 0 radical (unpaired) electrons. The number of rotatable bonds is 4. The van der Waals surface area contributed by atoms with Crippen LogP contribution in [-0.4, -0.2) is 34.9 Å². The molecular weight excluding hydrogens is 412 g/mol. The lowest BCUT2D eigenvalue weighted by Crippen LogP contribution is -2.59. The first-order valence-corrected chi connectivity index (χ1v) is 12.5. The van der Waals surface area contributed by atoms with Gasteiger partial charge in [-0.2, -0.15) is 0 Å². The summed E-state index contributed by atoms with van der Waals surface area (Å²) in [5, 5.41) is 10.9. The highest BCUT2D eigenvalue weighted by Crippen LogP contribution is 2.68. The summed E-state index contributed by atoms with van der Waals surface area (Å²) in [5.74, 6) is 1.59. The van der Waals surface area contributed by atoms with Gasteiger partial charge in [0.2, 0.25) is 0 Å². The van der Waals surface area contributed by atoms with Gasteiger partial charge in [0.1, 0.15) is 0 Å². The number of ether oxygens (including phenoxy) is 1. The first kappa shape index (κ1) is 23.0. The van der Waals surface area contributed by atoms with Gasteiger partial charge in [-0.25, -0.2) is 4.79 Å². The maximum atomic E-state index is 12.1. The number of allylic oxidation sites excluding steroid dienone is 1. The molecule has 3 saturated carbocycles. The number of esters is 1. The standard InChI is InChI=1S/C26H37ClO4/c1-5-31-21(29)9-6-15(2)17-7-8-18-22-19(11-13-25(17,18)3)26(4)12-10-16(28)14-20(26)23(27)24(22)30/h6,9,14-15,17-19,22-24,30H,5,7-8,10-13H2,1-4H3/b9-6+/t15-,17-,18+,19+,22+,23-,24-,25-,26-/m1/s1. The second-order valence-electron chi connectivity index (χ2n) is 10.9. The van der Waals surface area contributed by atoms with Crippen molar-refractivity contribution in [1.82, 2.24) is 0 Å². The molecule has 5 heteroatoms. The van der Waals surface area contributed by atoms with E-state index in [1.165, 1.54) is 0 Å². The van der Waals surface area contributed by atoms with Crippen LogP contribution >= 0.6 is 11.6 Å². The molecule has 31 heavy (non-hydrogen) atoms. The molecule has 0 spiro atoms. The van der Waals surface area contributed by atoms with Crippen molar-refractivity contribution in [3.05, 3.63) is 23.8 Å². The molecule has 4 aliphatic carbocycles. The Balaban J connectivity index is 1.60. The van der Waals surface area contributed by atoms with Gasteiger partial charge in [-0.05, 0) is 91.1 Å². The number of alkyl halides is 1. The Bertz CT molecular complexity index is 803. The van der Waals surface area contributed by atoms with Crippen LogP contribution in [0, 0.1) is 40.4 Å². The summed E-state index contributed by atoms with van der Waals surface area (Å²) >= 11 is 6.83. The van der Waals surface area contributed by atoms with Crippen LogP contribution in [0.2, 0.25) is 0 Å². The Morgan fingerprint density at radius 3 is 2.74 bits per heavy atom. The normalized spacial score (nSPS) is 45.5. The number of halogens is 1. The highest BCUT2D eigenvalue weighted by molar-refractivity contribution is 6.23. The van der Waals surface area contributed by atoms with Gasteiger partial charge in [0, 0.05) is 12.5 Å². The van der Waals surface area contributed by atoms with E-state index in [0.29, 0.717) is 30.8 Å². The first-order valence-electron chi connectivity index (χ1n) is 12.1. The van der Waals surface area contributed by atoms with Crippen LogP contribution in [0.1, 0.15) is 66.2 Å². The Labute approximate surface area is 191 Å². The zero-order valence-electron chi connectivity index (χ0n) is 19.3. The molecule has 3 fully saturated rings. The van der Waals surface area contributed by atoms with Crippen LogP contribution in [-0.2, 0) is 14.3 Å². The van der Waals surface area contributed by atoms with Crippen molar-refractivity contribution >= 4 is 23.4 Å².